The standard InChI is InChI=1S/C23H34N4O2/c1-15-4-8-18(9-5-15)26-12-10-20-19(14-26)22(28)25-21(24-20)17-3-2-11-27(13-17)23(29)16-6-7-16/h15-18H,2-14H2,1H3,(H,24,25,28)/t15?,17-,18?/m1/s1. The number of amides is 1. The fourth-order valence-corrected chi connectivity index (χ4v) is 5.57. The molecule has 1 amide bonds. The van der Waals surface area contributed by atoms with Gasteiger partial charge >= 0.3 is 0 Å². The first-order valence-electron chi connectivity index (χ1n) is 11.7. The van der Waals surface area contributed by atoms with Crippen LogP contribution < -0.4 is 5.56 Å². The van der Waals surface area contributed by atoms with Gasteiger partial charge < -0.3 is 9.88 Å². The number of likely N-dealkylation sites (tertiary alicyclic amines) is 1. The molecule has 2 saturated carbocycles. The van der Waals surface area contributed by atoms with Crippen molar-refractivity contribution in [3.63, 3.8) is 0 Å². The summed E-state index contributed by atoms with van der Waals surface area (Å²) in [4.78, 5) is 38.0. The minimum atomic E-state index is 0.0459. The third-order valence-corrected chi connectivity index (χ3v) is 7.66. The first-order chi connectivity index (χ1) is 14.1. The molecule has 29 heavy (non-hydrogen) atoms. The lowest BCUT2D eigenvalue weighted by atomic mass is 9.86. The third-order valence-electron chi connectivity index (χ3n) is 7.66. The first kappa shape index (κ1) is 19.3. The maximum absolute atomic E-state index is 12.9. The molecule has 3 fully saturated rings. The highest BCUT2D eigenvalue weighted by Crippen LogP contribution is 2.34. The van der Waals surface area contributed by atoms with Gasteiger partial charge in [0.25, 0.3) is 5.56 Å². The molecule has 4 aliphatic rings. The molecule has 6 nitrogen and oxygen atoms in total. The van der Waals surface area contributed by atoms with Crippen molar-refractivity contribution >= 4 is 5.91 Å². The zero-order valence-corrected chi connectivity index (χ0v) is 17.7. The molecule has 0 unspecified atom stereocenters. The smallest absolute Gasteiger partial charge is 0.255 e. The normalized spacial score (nSPS) is 30.8. The number of H-pyrrole nitrogens is 1. The number of aromatic amines is 1. The quantitative estimate of drug-likeness (QED) is 0.850. The molecular weight excluding hydrogens is 364 g/mol. The first-order valence-corrected chi connectivity index (χ1v) is 11.7. The number of aromatic nitrogens is 2. The minimum Gasteiger partial charge on any atom is -0.342 e. The van der Waals surface area contributed by atoms with Gasteiger partial charge in [-0.3, -0.25) is 14.5 Å². The maximum Gasteiger partial charge on any atom is 0.255 e. The van der Waals surface area contributed by atoms with Gasteiger partial charge in [-0.05, 0) is 57.3 Å². The van der Waals surface area contributed by atoms with Crippen molar-refractivity contribution in [3.05, 3.63) is 27.4 Å². The Morgan fingerprint density at radius 2 is 1.86 bits per heavy atom. The van der Waals surface area contributed by atoms with Gasteiger partial charge in [0.2, 0.25) is 5.91 Å². The molecule has 3 heterocycles. The van der Waals surface area contributed by atoms with Crippen LogP contribution in [-0.4, -0.2) is 51.4 Å². The zero-order chi connectivity index (χ0) is 20.0. The lowest BCUT2D eigenvalue weighted by Gasteiger charge is -2.38. The SMILES string of the molecule is CC1CCC(N2CCc3nc([C@@H]4CCCN(C(=O)C5CC5)C4)[nH]c(=O)c3C2)CC1. The third kappa shape index (κ3) is 4.00. The number of piperidine rings is 1. The molecule has 1 aromatic heterocycles. The van der Waals surface area contributed by atoms with Crippen LogP contribution in [0.1, 0.15) is 81.3 Å². The Balaban J connectivity index is 1.30. The molecule has 158 valence electrons. The van der Waals surface area contributed by atoms with Crippen LogP contribution in [0.2, 0.25) is 0 Å². The molecule has 1 N–H and O–H groups in total. The number of hydrogen-bond donors (Lipinski definition) is 1. The number of nitrogens with one attached hydrogen (secondary N) is 1. The van der Waals surface area contributed by atoms with Gasteiger partial charge in [0.05, 0.1) is 11.3 Å². The number of rotatable bonds is 3. The molecule has 1 aromatic rings. The van der Waals surface area contributed by atoms with E-state index in [1.807, 2.05) is 4.90 Å². The van der Waals surface area contributed by atoms with Crippen LogP contribution in [0.15, 0.2) is 4.79 Å². The van der Waals surface area contributed by atoms with Crippen LogP contribution in [0.5, 0.6) is 0 Å². The van der Waals surface area contributed by atoms with E-state index in [2.05, 4.69) is 16.8 Å². The average molecular weight is 399 g/mol. The number of hydrogen-bond acceptors (Lipinski definition) is 4. The summed E-state index contributed by atoms with van der Waals surface area (Å²) in [5.41, 5.74) is 1.92. The predicted octanol–water partition coefficient (Wildman–Crippen LogP) is 2.82. The Labute approximate surface area is 173 Å². The number of fused-ring (bicyclic) bond motifs is 1. The fraction of sp³-hybridized carbons (Fsp3) is 0.783. The van der Waals surface area contributed by atoms with E-state index < -0.39 is 0 Å². The topological polar surface area (TPSA) is 69.3 Å². The molecular formula is C23H34N4O2. The second-order valence-electron chi connectivity index (χ2n) is 9.91. The zero-order valence-electron chi connectivity index (χ0n) is 17.7. The number of carbonyl (C=O) groups is 1. The summed E-state index contributed by atoms with van der Waals surface area (Å²) < 4.78 is 0. The van der Waals surface area contributed by atoms with Crippen molar-refractivity contribution < 1.29 is 4.79 Å². The Morgan fingerprint density at radius 1 is 1.07 bits per heavy atom. The van der Waals surface area contributed by atoms with Crippen LogP contribution in [0.3, 0.4) is 0 Å². The Kier molecular flexibility index (Phi) is 5.23. The van der Waals surface area contributed by atoms with Crippen molar-refractivity contribution in [2.24, 2.45) is 11.8 Å². The van der Waals surface area contributed by atoms with Crippen LogP contribution in [-0.2, 0) is 17.8 Å². The second kappa shape index (κ2) is 7.86. The van der Waals surface area contributed by atoms with E-state index in [0.29, 0.717) is 18.5 Å². The maximum atomic E-state index is 12.9. The molecule has 2 aliphatic carbocycles. The van der Waals surface area contributed by atoms with E-state index in [4.69, 9.17) is 4.98 Å². The van der Waals surface area contributed by atoms with E-state index in [1.165, 1.54) is 25.7 Å². The van der Waals surface area contributed by atoms with E-state index in [-0.39, 0.29) is 17.4 Å². The number of carbonyl (C=O) groups excluding carboxylic acids is 1. The average Bonchev–Trinajstić information content (AvgIpc) is 3.59. The van der Waals surface area contributed by atoms with Crippen molar-refractivity contribution in [1.82, 2.24) is 19.8 Å². The minimum absolute atomic E-state index is 0.0459. The van der Waals surface area contributed by atoms with Gasteiger partial charge in [0.15, 0.2) is 0 Å². The molecule has 6 heteroatoms. The van der Waals surface area contributed by atoms with Crippen LogP contribution in [0.4, 0.5) is 0 Å². The lowest BCUT2D eigenvalue weighted by Crippen LogP contribution is -2.44. The highest BCUT2D eigenvalue weighted by Gasteiger charge is 2.36. The summed E-state index contributed by atoms with van der Waals surface area (Å²) in [7, 11) is 0. The Bertz CT molecular complexity index is 823. The van der Waals surface area contributed by atoms with E-state index >= 15 is 0 Å². The van der Waals surface area contributed by atoms with Crippen LogP contribution in [0, 0.1) is 11.8 Å². The molecule has 2 aliphatic heterocycles. The molecule has 0 bridgehead atoms. The molecule has 1 saturated heterocycles. The Hall–Kier alpha value is -1.69. The summed E-state index contributed by atoms with van der Waals surface area (Å²) in [6, 6.07) is 0.624. The summed E-state index contributed by atoms with van der Waals surface area (Å²) in [5, 5.41) is 0. The van der Waals surface area contributed by atoms with E-state index in [1.54, 1.807) is 0 Å². The van der Waals surface area contributed by atoms with E-state index in [0.717, 1.165) is 74.7 Å². The van der Waals surface area contributed by atoms with E-state index in [9.17, 15) is 9.59 Å². The summed E-state index contributed by atoms with van der Waals surface area (Å²) in [6.07, 6.45) is 10.1. The molecule has 1 atom stereocenters. The van der Waals surface area contributed by atoms with Gasteiger partial charge in [-0.25, -0.2) is 4.98 Å². The largest absolute Gasteiger partial charge is 0.342 e. The van der Waals surface area contributed by atoms with Gasteiger partial charge in [-0.15, -0.1) is 0 Å². The van der Waals surface area contributed by atoms with Gasteiger partial charge in [0.1, 0.15) is 5.82 Å². The van der Waals surface area contributed by atoms with Crippen molar-refractivity contribution in [3.8, 4) is 0 Å². The summed E-state index contributed by atoms with van der Waals surface area (Å²) in [5.74, 6) is 2.40. The van der Waals surface area contributed by atoms with Gasteiger partial charge in [-0.1, -0.05) is 6.92 Å². The number of nitrogens with zero attached hydrogens (tertiary/aromatic N) is 3. The van der Waals surface area contributed by atoms with Crippen molar-refractivity contribution in [2.75, 3.05) is 19.6 Å². The molecule has 0 spiro atoms. The van der Waals surface area contributed by atoms with Crippen LogP contribution >= 0.6 is 0 Å². The monoisotopic (exact) mass is 398 g/mol. The van der Waals surface area contributed by atoms with Crippen molar-refractivity contribution in [1.29, 1.82) is 0 Å². The summed E-state index contributed by atoms with van der Waals surface area (Å²) >= 11 is 0. The van der Waals surface area contributed by atoms with Gasteiger partial charge in [0, 0.05) is 50.5 Å². The fourth-order valence-electron chi connectivity index (χ4n) is 5.57. The van der Waals surface area contributed by atoms with Crippen molar-refractivity contribution in [2.45, 2.75) is 83.2 Å². The summed E-state index contributed by atoms with van der Waals surface area (Å²) in [6.45, 7) is 5.68. The second-order valence-corrected chi connectivity index (χ2v) is 9.91. The highest BCUT2D eigenvalue weighted by atomic mass is 16.2. The predicted molar refractivity (Wildman–Crippen MR) is 112 cm³/mol. The molecule has 0 aromatic carbocycles. The lowest BCUT2D eigenvalue weighted by molar-refractivity contribution is -0.133. The molecule has 0 radical (unpaired) electrons. The Morgan fingerprint density at radius 3 is 2.62 bits per heavy atom. The van der Waals surface area contributed by atoms with Crippen LogP contribution in [0.25, 0.3) is 0 Å². The molecule has 5 rings (SSSR count). The van der Waals surface area contributed by atoms with Gasteiger partial charge in [-0.2, -0.15) is 0 Å². The highest BCUT2D eigenvalue weighted by molar-refractivity contribution is 5.81.